The molecule has 4 rings (SSSR count). The van der Waals surface area contributed by atoms with Gasteiger partial charge in [0.2, 0.25) is 0 Å². The van der Waals surface area contributed by atoms with Gasteiger partial charge in [-0.1, -0.05) is 33.3 Å². The Bertz CT molecular complexity index is 543. The number of rotatable bonds is 2. The van der Waals surface area contributed by atoms with Crippen LogP contribution in [0.3, 0.4) is 0 Å². The first-order chi connectivity index (χ1) is 10.9. The molecule has 2 saturated carbocycles. The Morgan fingerprint density at radius 2 is 2.00 bits per heavy atom. The monoisotopic (exact) mass is 318 g/mol. The van der Waals surface area contributed by atoms with Crippen molar-refractivity contribution in [3.63, 3.8) is 0 Å². The van der Waals surface area contributed by atoms with Gasteiger partial charge < -0.3 is 9.47 Å². The molecule has 128 valence electrons. The summed E-state index contributed by atoms with van der Waals surface area (Å²) in [7, 11) is 0. The molecule has 2 aliphatic carbocycles. The molecule has 0 aromatic rings. The second-order valence-electron chi connectivity index (χ2n) is 9.20. The van der Waals surface area contributed by atoms with Crippen molar-refractivity contribution in [1.29, 1.82) is 0 Å². The van der Waals surface area contributed by atoms with Gasteiger partial charge in [-0.05, 0) is 54.8 Å². The van der Waals surface area contributed by atoms with Gasteiger partial charge in [-0.15, -0.1) is 0 Å². The molecule has 3 nitrogen and oxygen atoms in total. The van der Waals surface area contributed by atoms with Crippen LogP contribution < -0.4 is 0 Å². The Labute approximate surface area is 139 Å². The third-order valence-electron chi connectivity index (χ3n) is 7.55. The van der Waals surface area contributed by atoms with Crippen molar-refractivity contribution in [2.45, 2.75) is 71.3 Å². The Hall–Kier alpha value is -0.830. The molecule has 4 fully saturated rings. The normalized spacial score (nSPS) is 46.7. The SMILES string of the molecule is CC1(C)CCC[C@]2(C)[C@H]1CC[C@@]1(CO1)[C@@H]2C/C=C1/CCOC1=O. The zero-order chi connectivity index (χ0) is 16.3. The summed E-state index contributed by atoms with van der Waals surface area (Å²) in [6, 6.07) is 0. The quantitative estimate of drug-likeness (QED) is 0.434. The fraction of sp³-hybridized carbons (Fsp3) is 0.850. The maximum absolute atomic E-state index is 11.8. The van der Waals surface area contributed by atoms with Gasteiger partial charge in [0.25, 0.3) is 0 Å². The van der Waals surface area contributed by atoms with Gasteiger partial charge >= 0.3 is 5.97 Å². The number of epoxide rings is 1. The van der Waals surface area contributed by atoms with Crippen molar-refractivity contribution in [1.82, 2.24) is 0 Å². The number of carbonyl (C=O) groups excluding carboxylic acids is 1. The molecule has 0 unspecified atom stereocenters. The Morgan fingerprint density at radius 3 is 2.65 bits per heavy atom. The van der Waals surface area contributed by atoms with Crippen LogP contribution in [0.5, 0.6) is 0 Å². The number of carbonyl (C=O) groups is 1. The van der Waals surface area contributed by atoms with E-state index in [0.717, 1.165) is 30.9 Å². The van der Waals surface area contributed by atoms with E-state index in [4.69, 9.17) is 9.47 Å². The molecule has 2 saturated heterocycles. The lowest BCUT2D eigenvalue weighted by Crippen LogP contribution is -2.54. The summed E-state index contributed by atoms with van der Waals surface area (Å²) in [4.78, 5) is 11.8. The van der Waals surface area contributed by atoms with E-state index in [2.05, 4.69) is 26.8 Å². The van der Waals surface area contributed by atoms with Crippen LogP contribution in [0.15, 0.2) is 11.6 Å². The molecule has 4 atom stereocenters. The maximum atomic E-state index is 11.8. The molecule has 0 bridgehead atoms. The summed E-state index contributed by atoms with van der Waals surface area (Å²) in [6.07, 6.45) is 10.4. The highest BCUT2D eigenvalue weighted by atomic mass is 16.6. The van der Waals surface area contributed by atoms with Crippen molar-refractivity contribution in [3.05, 3.63) is 11.6 Å². The standard InChI is InChI=1S/C20H30O3/c1-18(2)9-4-10-19(3)15(18)7-11-20(13-23-20)16(19)6-5-14-8-12-22-17(14)21/h5,15-16H,4,6-13H2,1-3H3/b14-5-/t15-,16+,19+,20+/m0/s1. The van der Waals surface area contributed by atoms with Crippen LogP contribution in [0.4, 0.5) is 0 Å². The van der Waals surface area contributed by atoms with Crippen LogP contribution in [0.1, 0.15) is 65.7 Å². The number of ether oxygens (including phenoxy) is 2. The van der Waals surface area contributed by atoms with Crippen molar-refractivity contribution >= 4 is 5.97 Å². The molecular formula is C20H30O3. The molecule has 0 N–H and O–H groups in total. The lowest BCUT2D eigenvalue weighted by Gasteiger charge is -2.59. The molecule has 0 aromatic carbocycles. The minimum atomic E-state index is -0.0998. The molecule has 3 heteroatoms. The molecule has 2 aliphatic heterocycles. The van der Waals surface area contributed by atoms with E-state index < -0.39 is 0 Å². The van der Waals surface area contributed by atoms with E-state index >= 15 is 0 Å². The second kappa shape index (κ2) is 5.08. The van der Waals surface area contributed by atoms with Gasteiger partial charge in [0.15, 0.2) is 0 Å². The first kappa shape index (κ1) is 15.7. The summed E-state index contributed by atoms with van der Waals surface area (Å²) in [5.74, 6) is 1.23. The lowest BCUT2D eigenvalue weighted by atomic mass is 9.46. The smallest absolute Gasteiger partial charge is 0.333 e. The van der Waals surface area contributed by atoms with Crippen molar-refractivity contribution in [3.8, 4) is 0 Å². The molecule has 23 heavy (non-hydrogen) atoms. The number of fused-ring (bicyclic) bond motifs is 1. The third-order valence-corrected chi connectivity index (χ3v) is 7.55. The first-order valence-corrected chi connectivity index (χ1v) is 9.38. The van der Waals surface area contributed by atoms with Crippen molar-refractivity contribution in [2.75, 3.05) is 13.2 Å². The number of esters is 1. The van der Waals surface area contributed by atoms with Gasteiger partial charge in [-0.3, -0.25) is 0 Å². The lowest BCUT2D eigenvalue weighted by molar-refractivity contribution is -0.135. The van der Waals surface area contributed by atoms with Crippen LogP contribution >= 0.6 is 0 Å². The second-order valence-corrected chi connectivity index (χ2v) is 9.20. The van der Waals surface area contributed by atoms with E-state index in [9.17, 15) is 4.79 Å². The summed E-state index contributed by atoms with van der Waals surface area (Å²) in [5, 5.41) is 0. The number of cyclic esters (lactones) is 1. The Morgan fingerprint density at radius 1 is 1.22 bits per heavy atom. The summed E-state index contributed by atoms with van der Waals surface area (Å²) in [6.45, 7) is 8.92. The predicted octanol–water partition coefficient (Wildman–Crippen LogP) is 4.26. The molecule has 2 heterocycles. The van der Waals surface area contributed by atoms with Crippen LogP contribution in [-0.4, -0.2) is 24.8 Å². The highest BCUT2D eigenvalue weighted by Gasteiger charge is 2.64. The van der Waals surface area contributed by atoms with E-state index in [1.54, 1.807) is 0 Å². The minimum absolute atomic E-state index is 0.0998. The largest absolute Gasteiger partial charge is 0.462 e. The number of hydrogen-bond acceptors (Lipinski definition) is 3. The Balaban J connectivity index is 1.63. The molecule has 1 spiro atoms. The fourth-order valence-electron chi connectivity index (χ4n) is 6.28. The topological polar surface area (TPSA) is 38.8 Å². The van der Waals surface area contributed by atoms with Gasteiger partial charge in [-0.25, -0.2) is 4.79 Å². The number of hydrogen-bond donors (Lipinski definition) is 0. The molecule has 0 radical (unpaired) electrons. The summed E-state index contributed by atoms with van der Waals surface area (Å²) < 4.78 is 11.1. The molecule has 0 amide bonds. The van der Waals surface area contributed by atoms with Crippen molar-refractivity contribution < 1.29 is 14.3 Å². The van der Waals surface area contributed by atoms with E-state index in [0.29, 0.717) is 23.4 Å². The van der Waals surface area contributed by atoms with Gasteiger partial charge in [0.05, 0.1) is 18.8 Å². The molecular weight excluding hydrogens is 288 g/mol. The predicted molar refractivity (Wildman–Crippen MR) is 88.9 cm³/mol. The summed E-state index contributed by atoms with van der Waals surface area (Å²) in [5.41, 5.74) is 1.77. The third kappa shape index (κ3) is 2.38. The van der Waals surface area contributed by atoms with Gasteiger partial charge in [-0.2, -0.15) is 0 Å². The zero-order valence-electron chi connectivity index (χ0n) is 14.8. The van der Waals surface area contributed by atoms with Gasteiger partial charge in [0.1, 0.15) is 0 Å². The van der Waals surface area contributed by atoms with Gasteiger partial charge in [0, 0.05) is 12.0 Å². The van der Waals surface area contributed by atoms with E-state index in [1.807, 2.05) is 0 Å². The van der Waals surface area contributed by atoms with E-state index in [1.165, 1.54) is 32.1 Å². The highest BCUT2D eigenvalue weighted by Crippen LogP contribution is 2.66. The molecule has 4 aliphatic rings. The Kier molecular flexibility index (Phi) is 3.46. The van der Waals surface area contributed by atoms with Crippen molar-refractivity contribution in [2.24, 2.45) is 22.7 Å². The van der Waals surface area contributed by atoms with E-state index in [-0.39, 0.29) is 11.6 Å². The summed E-state index contributed by atoms with van der Waals surface area (Å²) >= 11 is 0. The maximum Gasteiger partial charge on any atom is 0.333 e. The zero-order valence-corrected chi connectivity index (χ0v) is 14.8. The van der Waals surface area contributed by atoms with Crippen LogP contribution in [0.2, 0.25) is 0 Å². The fourth-order valence-corrected chi connectivity index (χ4v) is 6.28. The average Bonchev–Trinajstić information content (AvgIpc) is 3.12. The van der Waals surface area contributed by atoms with Crippen LogP contribution in [0.25, 0.3) is 0 Å². The first-order valence-electron chi connectivity index (χ1n) is 9.38. The highest BCUT2D eigenvalue weighted by molar-refractivity contribution is 5.90. The van der Waals surface area contributed by atoms with Crippen LogP contribution in [-0.2, 0) is 14.3 Å². The molecule has 0 aromatic heterocycles. The average molecular weight is 318 g/mol. The van der Waals surface area contributed by atoms with Crippen LogP contribution in [0, 0.1) is 22.7 Å². The number of allylic oxidation sites excluding steroid dienone is 1. The minimum Gasteiger partial charge on any atom is -0.462 e.